The molecule has 5 aromatic carbocycles. The molecule has 0 aromatic heterocycles. The van der Waals surface area contributed by atoms with E-state index in [9.17, 15) is 10.3 Å². The average Bonchev–Trinajstić information content (AvgIpc) is 3.90. The second-order valence-electron chi connectivity index (χ2n) is 21.0. The van der Waals surface area contributed by atoms with Gasteiger partial charge in [-0.15, -0.1) is 0 Å². The van der Waals surface area contributed by atoms with Crippen LogP contribution >= 0.6 is 0 Å². The fourth-order valence-corrected chi connectivity index (χ4v) is 10.8. The third-order valence-electron chi connectivity index (χ3n) is 15.1. The minimum Gasteiger partial charge on any atom is -0.463 e. The zero-order chi connectivity index (χ0) is 53.7. The van der Waals surface area contributed by atoms with Gasteiger partial charge in [0.1, 0.15) is 55.4 Å². The van der Waals surface area contributed by atoms with Gasteiger partial charge in [-0.25, -0.2) is 0 Å². The highest BCUT2D eigenvalue weighted by Gasteiger charge is 2.62. The number of fused-ring (bicyclic) bond motifs is 1. The standard InChI is InChI=1S/C61H73N3O13/c1-39-40(2)52(68-33-44-24-14-8-15-25-44)60(72-48(39)38-67-42(4)65)74-51-41(3)50(63-64-62)59(73-49(51)37-66-32-43-22-12-7-13-23-43)75-56-54(70-35-46-28-18-10-19-29-46)53(69-34-45-26-16-9-17-27-45)55(57-58(56)77-61(5,6)76-57)71-36-47-30-20-11-21-31-47/h7-31,39-41,48-60H,32-38H2,1-6H3/t39-,40-,41+,48?,49?,50?,51-,52?,53?,54?,55?,56?,57-,58-,59+,60+/m0/s1. The molecule has 3 aliphatic heterocycles. The minimum absolute atomic E-state index is 0.0254. The summed E-state index contributed by atoms with van der Waals surface area (Å²) in [5.74, 6) is -2.27. The van der Waals surface area contributed by atoms with Crippen LogP contribution in [0.4, 0.5) is 0 Å². The molecule has 0 spiro atoms. The fraction of sp³-hybridized carbons (Fsp3) is 0.492. The van der Waals surface area contributed by atoms with Gasteiger partial charge in [-0.05, 0) is 64.9 Å². The lowest BCUT2D eigenvalue weighted by Gasteiger charge is -2.51. The number of hydrogen-bond acceptors (Lipinski definition) is 14. The van der Waals surface area contributed by atoms with Crippen LogP contribution in [0, 0.1) is 17.8 Å². The Kier molecular flexibility index (Phi) is 19.6. The SMILES string of the molecule is CC(=O)OCC1O[C@H](O[C@@H]2C(COCc3ccccc3)O[C@H](OC3C(OCc4ccccc4)C(OCc4ccccc4)C(OCc4ccccc4)[C@@H]4OC(C)(C)O[C@@H]34)C(N=[N+]=[N-])[C@H]2C)C(OCc2ccccc2)[C@@H](C)[C@@H]1C. The van der Waals surface area contributed by atoms with Gasteiger partial charge in [0.2, 0.25) is 0 Å². The van der Waals surface area contributed by atoms with Crippen LogP contribution in [0.3, 0.4) is 0 Å². The third-order valence-corrected chi connectivity index (χ3v) is 15.1. The monoisotopic (exact) mass is 1060 g/mol. The fourth-order valence-electron chi connectivity index (χ4n) is 10.8. The van der Waals surface area contributed by atoms with Crippen molar-refractivity contribution in [1.82, 2.24) is 0 Å². The molecule has 4 aliphatic rings. The maximum atomic E-state index is 12.1. The molecule has 16 heteroatoms. The van der Waals surface area contributed by atoms with Crippen molar-refractivity contribution in [3.8, 4) is 0 Å². The molecular formula is C61H73N3O13. The van der Waals surface area contributed by atoms with Gasteiger partial charge in [-0.2, -0.15) is 0 Å². The van der Waals surface area contributed by atoms with E-state index in [0.29, 0.717) is 6.61 Å². The maximum Gasteiger partial charge on any atom is 0.302 e. The highest BCUT2D eigenvalue weighted by atomic mass is 16.8. The Morgan fingerprint density at radius 3 is 1.40 bits per heavy atom. The van der Waals surface area contributed by atoms with E-state index in [1.165, 1.54) is 6.92 Å². The number of benzene rings is 5. The molecule has 0 N–H and O–H groups in total. The Bertz CT molecular complexity index is 2620. The molecule has 4 fully saturated rings. The van der Waals surface area contributed by atoms with Crippen LogP contribution in [0.1, 0.15) is 69.4 Å². The van der Waals surface area contributed by atoms with Crippen molar-refractivity contribution in [2.45, 2.75) is 160 Å². The Morgan fingerprint density at radius 2 is 0.922 bits per heavy atom. The normalized spacial score (nSPS) is 31.7. The van der Waals surface area contributed by atoms with E-state index < -0.39 is 97.3 Å². The second-order valence-corrected chi connectivity index (χ2v) is 21.0. The van der Waals surface area contributed by atoms with Gasteiger partial charge in [0.15, 0.2) is 18.4 Å². The van der Waals surface area contributed by atoms with Crippen molar-refractivity contribution >= 4 is 5.97 Å². The molecule has 16 nitrogen and oxygen atoms in total. The van der Waals surface area contributed by atoms with Crippen LogP contribution in [0.25, 0.3) is 10.4 Å². The number of rotatable bonds is 23. The van der Waals surface area contributed by atoms with Gasteiger partial charge in [-0.3, -0.25) is 4.79 Å². The first kappa shape index (κ1) is 56.2. The second kappa shape index (κ2) is 26.9. The molecule has 9 rings (SSSR count). The van der Waals surface area contributed by atoms with Crippen LogP contribution in [-0.4, -0.2) is 105 Å². The first-order valence-corrected chi connectivity index (χ1v) is 26.8. The summed E-state index contributed by atoms with van der Waals surface area (Å²) in [6, 6.07) is 48.5. The summed E-state index contributed by atoms with van der Waals surface area (Å²) in [7, 11) is 0. The van der Waals surface area contributed by atoms with E-state index >= 15 is 0 Å². The summed E-state index contributed by atoms with van der Waals surface area (Å²) in [6.45, 7) is 12.5. The summed E-state index contributed by atoms with van der Waals surface area (Å²) in [6.07, 6.45) is -9.68. The summed E-state index contributed by atoms with van der Waals surface area (Å²) in [4.78, 5) is 15.5. The van der Waals surface area contributed by atoms with Crippen LogP contribution < -0.4 is 0 Å². The molecular weight excluding hydrogens is 983 g/mol. The lowest BCUT2D eigenvalue weighted by Crippen LogP contribution is -2.67. The molecule has 1 aliphatic carbocycles. The molecule has 410 valence electrons. The Labute approximate surface area is 452 Å². The van der Waals surface area contributed by atoms with Crippen molar-refractivity contribution in [1.29, 1.82) is 0 Å². The molecule has 0 amide bonds. The smallest absolute Gasteiger partial charge is 0.302 e. The van der Waals surface area contributed by atoms with Crippen molar-refractivity contribution in [3.05, 3.63) is 190 Å². The highest BCUT2D eigenvalue weighted by Crippen LogP contribution is 2.45. The quantitative estimate of drug-likeness (QED) is 0.0262. The lowest BCUT2D eigenvalue weighted by atomic mass is 9.83. The van der Waals surface area contributed by atoms with E-state index in [4.69, 9.17) is 56.8 Å². The third kappa shape index (κ3) is 14.6. The Balaban J connectivity index is 1.07. The van der Waals surface area contributed by atoms with E-state index in [1.807, 2.05) is 172 Å². The van der Waals surface area contributed by atoms with Crippen molar-refractivity contribution in [2.24, 2.45) is 22.9 Å². The zero-order valence-electron chi connectivity index (χ0n) is 44.8. The first-order valence-electron chi connectivity index (χ1n) is 26.8. The van der Waals surface area contributed by atoms with E-state index in [2.05, 4.69) is 23.9 Å². The molecule has 0 radical (unpaired) electrons. The largest absolute Gasteiger partial charge is 0.463 e. The average molecular weight is 1060 g/mol. The number of ether oxygens (including phenoxy) is 12. The van der Waals surface area contributed by atoms with Crippen LogP contribution in [0.15, 0.2) is 157 Å². The first-order chi connectivity index (χ1) is 37.4. The predicted molar refractivity (Wildman–Crippen MR) is 284 cm³/mol. The van der Waals surface area contributed by atoms with Crippen LogP contribution in [0.2, 0.25) is 0 Å². The van der Waals surface area contributed by atoms with Crippen molar-refractivity contribution in [3.63, 3.8) is 0 Å². The summed E-state index contributed by atoms with van der Waals surface area (Å²) in [5, 5.41) is 4.42. The van der Waals surface area contributed by atoms with Crippen LogP contribution in [-0.2, 0) is 94.7 Å². The summed E-state index contributed by atoms with van der Waals surface area (Å²) < 4.78 is 81.8. The topological polar surface area (TPSA) is 177 Å². The molecule has 0 bridgehead atoms. The molecule has 1 saturated carbocycles. The van der Waals surface area contributed by atoms with Gasteiger partial charge in [0.05, 0.1) is 57.9 Å². The number of hydrogen-bond donors (Lipinski definition) is 0. The van der Waals surface area contributed by atoms with E-state index in [-0.39, 0.29) is 51.5 Å². The lowest BCUT2D eigenvalue weighted by molar-refractivity contribution is -0.349. The van der Waals surface area contributed by atoms with E-state index in [0.717, 1.165) is 27.8 Å². The molecule has 16 atom stereocenters. The van der Waals surface area contributed by atoms with E-state index in [1.54, 1.807) is 0 Å². The Hall–Kier alpha value is -5.56. The maximum absolute atomic E-state index is 12.1. The molecule has 77 heavy (non-hydrogen) atoms. The number of azide groups is 1. The number of esters is 1. The van der Waals surface area contributed by atoms with Gasteiger partial charge >= 0.3 is 5.97 Å². The van der Waals surface area contributed by atoms with Crippen LogP contribution in [0.5, 0.6) is 0 Å². The van der Waals surface area contributed by atoms with Gasteiger partial charge < -0.3 is 56.8 Å². The van der Waals surface area contributed by atoms with Gasteiger partial charge in [-0.1, -0.05) is 178 Å². The summed E-state index contributed by atoms with van der Waals surface area (Å²) in [5.41, 5.74) is 15.2. The minimum atomic E-state index is -1.20. The number of carbonyl (C=O) groups is 1. The number of nitrogens with zero attached hydrogens (tertiary/aromatic N) is 3. The Morgan fingerprint density at radius 1 is 0.506 bits per heavy atom. The van der Waals surface area contributed by atoms with Crippen molar-refractivity contribution < 1.29 is 61.6 Å². The molecule has 3 heterocycles. The molecule has 5 aromatic rings. The summed E-state index contributed by atoms with van der Waals surface area (Å²) >= 11 is 0. The van der Waals surface area contributed by atoms with Crippen molar-refractivity contribution in [2.75, 3.05) is 13.2 Å². The number of carbonyl (C=O) groups excluding carboxylic acids is 1. The van der Waals surface area contributed by atoms with Gasteiger partial charge in [0, 0.05) is 11.8 Å². The van der Waals surface area contributed by atoms with Gasteiger partial charge in [0.25, 0.3) is 0 Å². The predicted octanol–water partition coefficient (Wildman–Crippen LogP) is 10.4. The molecule has 3 saturated heterocycles. The zero-order valence-corrected chi connectivity index (χ0v) is 44.8. The molecule has 8 unspecified atom stereocenters. The highest BCUT2D eigenvalue weighted by molar-refractivity contribution is 5.65.